The van der Waals surface area contributed by atoms with Gasteiger partial charge in [0.2, 0.25) is 0 Å². The lowest BCUT2D eigenvalue weighted by Gasteiger charge is -2.10. The minimum absolute atomic E-state index is 0.602. The smallest absolute Gasteiger partial charge is 0.191 e. The fourth-order valence-corrected chi connectivity index (χ4v) is 2.80. The Kier molecular flexibility index (Phi) is 6.90. The molecule has 0 fully saturated rings. The Balaban J connectivity index is 1.97. The van der Waals surface area contributed by atoms with Crippen LogP contribution < -0.4 is 10.6 Å². The van der Waals surface area contributed by atoms with E-state index in [1.807, 2.05) is 18.2 Å². The molecule has 118 valence electrons. The van der Waals surface area contributed by atoms with Gasteiger partial charge in [-0.15, -0.1) is 11.3 Å². The van der Waals surface area contributed by atoms with Crippen LogP contribution in [0.15, 0.2) is 40.7 Å². The number of nitrogens with zero attached hydrogens (tertiary/aromatic N) is 2. The molecule has 1 aromatic heterocycles. The molecule has 0 amide bonds. The van der Waals surface area contributed by atoms with Gasteiger partial charge in [-0.25, -0.2) is 9.98 Å². The summed E-state index contributed by atoms with van der Waals surface area (Å²) in [6.07, 6.45) is 2.33. The van der Waals surface area contributed by atoms with E-state index in [1.54, 1.807) is 11.3 Å². The summed E-state index contributed by atoms with van der Waals surface area (Å²) in [4.78, 5) is 9.27. The van der Waals surface area contributed by atoms with Gasteiger partial charge >= 0.3 is 0 Å². The number of hydrogen-bond donors (Lipinski definition) is 2. The molecule has 0 spiro atoms. The van der Waals surface area contributed by atoms with Gasteiger partial charge in [-0.05, 0) is 13.3 Å². The van der Waals surface area contributed by atoms with Crippen LogP contribution >= 0.6 is 11.3 Å². The molecule has 0 atom stereocenters. The quantitative estimate of drug-likeness (QED) is 0.465. The molecule has 0 saturated carbocycles. The Labute approximate surface area is 136 Å². The zero-order chi connectivity index (χ0) is 15.6. The Hall–Kier alpha value is -1.88. The van der Waals surface area contributed by atoms with Gasteiger partial charge in [0.05, 0.1) is 12.2 Å². The maximum absolute atomic E-state index is 4.66. The second-order valence-corrected chi connectivity index (χ2v) is 5.84. The van der Waals surface area contributed by atoms with Gasteiger partial charge in [-0.3, -0.25) is 0 Å². The molecule has 0 saturated heterocycles. The maximum Gasteiger partial charge on any atom is 0.191 e. The average Bonchev–Trinajstić information content (AvgIpc) is 3.03. The first-order chi connectivity index (χ1) is 10.8. The minimum atomic E-state index is 0.602. The van der Waals surface area contributed by atoms with Gasteiger partial charge in [0.1, 0.15) is 5.01 Å². The molecule has 5 heteroatoms. The number of nitrogens with one attached hydrogen (secondary N) is 2. The van der Waals surface area contributed by atoms with Gasteiger partial charge in [-0.2, -0.15) is 0 Å². The van der Waals surface area contributed by atoms with E-state index in [4.69, 9.17) is 0 Å². The van der Waals surface area contributed by atoms with Crippen molar-refractivity contribution in [3.05, 3.63) is 41.4 Å². The molecule has 0 bridgehead atoms. The second-order valence-electron chi connectivity index (χ2n) is 4.99. The van der Waals surface area contributed by atoms with Crippen molar-refractivity contribution in [3.8, 4) is 10.6 Å². The van der Waals surface area contributed by atoms with E-state index in [1.165, 1.54) is 6.42 Å². The highest BCUT2D eigenvalue weighted by atomic mass is 32.1. The van der Waals surface area contributed by atoms with Crippen molar-refractivity contribution in [2.45, 2.75) is 33.2 Å². The zero-order valence-electron chi connectivity index (χ0n) is 13.3. The van der Waals surface area contributed by atoms with Crippen molar-refractivity contribution in [1.29, 1.82) is 0 Å². The summed E-state index contributed by atoms with van der Waals surface area (Å²) in [5.41, 5.74) is 2.17. The molecule has 22 heavy (non-hydrogen) atoms. The molecule has 0 unspecified atom stereocenters. The molecule has 0 aliphatic heterocycles. The number of unbranched alkanes of at least 4 members (excludes halogenated alkanes) is 1. The zero-order valence-corrected chi connectivity index (χ0v) is 14.1. The van der Waals surface area contributed by atoms with Crippen molar-refractivity contribution >= 4 is 17.3 Å². The highest BCUT2D eigenvalue weighted by Crippen LogP contribution is 2.23. The minimum Gasteiger partial charge on any atom is -0.357 e. The van der Waals surface area contributed by atoms with Gasteiger partial charge in [0, 0.05) is 24.0 Å². The van der Waals surface area contributed by atoms with Crippen LogP contribution in [0.4, 0.5) is 0 Å². The van der Waals surface area contributed by atoms with Crippen molar-refractivity contribution in [1.82, 2.24) is 15.6 Å². The third-order valence-electron chi connectivity index (χ3n) is 3.14. The molecule has 1 heterocycles. The van der Waals surface area contributed by atoms with E-state index in [9.17, 15) is 0 Å². The predicted molar refractivity (Wildman–Crippen MR) is 95.3 cm³/mol. The van der Waals surface area contributed by atoms with Crippen molar-refractivity contribution in [2.75, 3.05) is 13.1 Å². The summed E-state index contributed by atoms with van der Waals surface area (Å²) in [5, 5.41) is 9.75. The molecule has 4 nitrogen and oxygen atoms in total. The van der Waals surface area contributed by atoms with Crippen molar-refractivity contribution in [2.24, 2.45) is 4.99 Å². The Bertz CT molecular complexity index is 577. The van der Waals surface area contributed by atoms with Gasteiger partial charge in [-0.1, -0.05) is 43.7 Å². The Morgan fingerprint density at radius 2 is 2.00 bits per heavy atom. The summed E-state index contributed by atoms with van der Waals surface area (Å²) >= 11 is 1.67. The molecule has 2 N–H and O–H groups in total. The number of benzene rings is 1. The lowest BCUT2D eigenvalue weighted by molar-refractivity contribution is 0.729. The van der Waals surface area contributed by atoms with Crippen LogP contribution in [-0.2, 0) is 6.54 Å². The van der Waals surface area contributed by atoms with Crippen LogP contribution in [-0.4, -0.2) is 24.0 Å². The fraction of sp³-hybridized carbons (Fsp3) is 0.412. The van der Waals surface area contributed by atoms with E-state index in [0.29, 0.717) is 6.54 Å². The van der Waals surface area contributed by atoms with E-state index in [-0.39, 0.29) is 0 Å². The standard InChI is InChI=1S/C17H24N4S/c1-3-5-11-19-17(18-4-2)20-12-15-13-22-16(21-15)14-9-7-6-8-10-14/h6-10,13H,3-5,11-12H2,1-2H3,(H2,18,19,20). The molecular weight excluding hydrogens is 292 g/mol. The summed E-state index contributed by atoms with van der Waals surface area (Å²) in [5.74, 6) is 0.866. The van der Waals surface area contributed by atoms with E-state index in [0.717, 1.165) is 41.7 Å². The van der Waals surface area contributed by atoms with E-state index in [2.05, 4.69) is 52.0 Å². The largest absolute Gasteiger partial charge is 0.357 e. The Morgan fingerprint density at radius 1 is 1.18 bits per heavy atom. The molecule has 1 aromatic carbocycles. The van der Waals surface area contributed by atoms with Crippen molar-refractivity contribution in [3.63, 3.8) is 0 Å². The first-order valence-corrected chi connectivity index (χ1v) is 8.73. The number of guanidine groups is 1. The van der Waals surface area contributed by atoms with Crippen LogP contribution in [0.1, 0.15) is 32.4 Å². The highest BCUT2D eigenvalue weighted by molar-refractivity contribution is 7.13. The van der Waals surface area contributed by atoms with Crippen LogP contribution in [0.25, 0.3) is 10.6 Å². The summed E-state index contributed by atoms with van der Waals surface area (Å²) in [6, 6.07) is 10.3. The molecule has 0 aliphatic carbocycles. The number of aromatic nitrogens is 1. The van der Waals surface area contributed by atoms with Crippen LogP contribution in [0.3, 0.4) is 0 Å². The normalized spacial score (nSPS) is 11.5. The average molecular weight is 316 g/mol. The number of hydrogen-bond acceptors (Lipinski definition) is 3. The number of aliphatic imine (C=N–C) groups is 1. The molecular formula is C17H24N4S. The van der Waals surface area contributed by atoms with Crippen LogP contribution in [0, 0.1) is 0 Å². The monoisotopic (exact) mass is 316 g/mol. The fourth-order valence-electron chi connectivity index (χ4n) is 1.98. The van der Waals surface area contributed by atoms with Gasteiger partial charge in [0.25, 0.3) is 0 Å². The summed E-state index contributed by atoms with van der Waals surface area (Å²) < 4.78 is 0. The number of rotatable bonds is 7. The molecule has 2 aromatic rings. The van der Waals surface area contributed by atoms with E-state index >= 15 is 0 Å². The second kappa shape index (κ2) is 9.20. The lowest BCUT2D eigenvalue weighted by atomic mass is 10.2. The highest BCUT2D eigenvalue weighted by Gasteiger charge is 2.04. The first kappa shape index (κ1) is 16.5. The SMILES string of the molecule is CCCCNC(=NCc1csc(-c2ccccc2)n1)NCC. The number of thiazole rings is 1. The third-order valence-corrected chi connectivity index (χ3v) is 4.08. The predicted octanol–water partition coefficient (Wildman–Crippen LogP) is 3.67. The van der Waals surface area contributed by atoms with Crippen molar-refractivity contribution < 1.29 is 0 Å². The van der Waals surface area contributed by atoms with E-state index < -0.39 is 0 Å². The van der Waals surface area contributed by atoms with Crippen LogP contribution in [0.2, 0.25) is 0 Å². The summed E-state index contributed by atoms with van der Waals surface area (Å²) in [6.45, 7) is 6.68. The first-order valence-electron chi connectivity index (χ1n) is 7.85. The van der Waals surface area contributed by atoms with Gasteiger partial charge < -0.3 is 10.6 Å². The maximum atomic E-state index is 4.66. The van der Waals surface area contributed by atoms with Gasteiger partial charge in [0.15, 0.2) is 5.96 Å². The van der Waals surface area contributed by atoms with Crippen LogP contribution in [0.5, 0.6) is 0 Å². The third kappa shape index (κ3) is 5.15. The molecule has 0 radical (unpaired) electrons. The molecule has 2 rings (SSSR count). The lowest BCUT2D eigenvalue weighted by Crippen LogP contribution is -2.37. The molecule has 0 aliphatic rings. The topological polar surface area (TPSA) is 49.3 Å². The Morgan fingerprint density at radius 3 is 2.73 bits per heavy atom. The summed E-state index contributed by atoms with van der Waals surface area (Å²) in [7, 11) is 0.